The van der Waals surface area contributed by atoms with Crippen molar-refractivity contribution in [2.24, 2.45) is 11.3 Å². The van der Waals surface area contributed by atoms with Gasteiger partial charge in [-0.05, 0) is 37.5 Å². The summed E-state index contributed by atoms with van der Waals surface area (Å²) < 4.78 is 5.72. The summed E-state index contributed by atoms with van der Waals surface area (Å²) in [6.45, 7) is 7.61. The Balaban J connectivity index is 2.27. The van der Waals surface area contributed by atoms with E-state index in [0.717, 1.165) is 19.4 Å². The molecule has 0 aromatic rings. The third-order valence-corrected chi connectivity index (χ3v) is 3.30. The number of nitrogens with two attached hydrogens (primary N) is 1. The molecule has 0 radical (unpaired) electrons. The highest BCUT2D eigenvalue weighted by Gasteiger charge is 2.24. The molecule has 1 saturated heterocycles. The fourth-order valence-electron chi connectivity index (χ4n) is 2.15. The first-order chi connectivity index (χ1) is 7.04. The van der Waals surface area contributed by atoms with E-state index < -0.39 is 0 Å². The lowest BCUT2D eigenvalue weighted by molar-refractivity contribution is 0.00632. The van der Waals surface area contributed by atoms with E-state index in [1.54, 1.807) is 0 Å². The van der Waals surface area contributed by atoms with Crippen molar-refractivity contribution in [3.63, 3.8) is 0 Å². The average Bonchev–Trinajstić information content (AvgIpc) is 2.18. The minimum atomic E-state index is 0.226. The zero-order valence-electron chi connectivity index (χ0n) is 10.4. The highest BCUT2D eigenvalue weighted by molar-refractivity contribution is 4.80. The molecule has 90 valence electrons. The first-order valence-electron chi connectivity index (χ1n) is 6.12. The largest absolute Gasteiger partial charge is 0.378 e. The van der Waals surface area contributed by atoms with Gasteiger partial charge in [0.1, 0.15) is 0 Å². The van der Waals surface area contributed by atoms with Crippen LogP contribution in [0.3, 0.4) is 0 Å². The summed E-state index contributed by atoms with van der Waals surface area (Å²) in [5.74, 6) is 5.58. The highest BCUT2D eigenvalue weighted by Crippen LogP contribution is 2.25. The summed E-state index contributed by atoms with van der Waals surface area (Å²) in [7, 11) is 0. The minimum absolute atomic E-state index is 0.226. The average molecular weight is 214 g/mol. The molecule has 0 spiro atoms. The number of rotatable bonds is 4. The van der Waals surface area contributed by atoms with E-state index in [1.807, 2.05) is 0 Å². The van der Waals surface area contributed by atoms with E-state index >= 15 is 0 Å². The molecule has 0 aromatic heterocycles. The van der Waals surface area contributed by atoms with Gasteiger partial charge >= 0.3 is 0 Å². The number of hydrogen-bond donors (Lipinski definition) is 2. The molecule has 15 heavy (non-hydrogen) atoms. The predicted molar refractivity (Wildman–Crippen MR) is 63.4 cm³/mol. The van der Waals surface area contributed by atoms with Crippen LogP contribution in [-0.2, 0) is 4.74 Å². The third kappa shape index (κ3) is 4.49. The van der Waals surface area contributed by atoms with Crippen molar-refractivity contribution >= 4 is 0 Å². The molecule has 0 saturated carbocycles. The maximum absolute atomic E-state index is 5.72. The molecule has 3 heteroatoms. The van der Waals surface area contributed by atoms with Crippen LogP contribution < -0.4 is 11.3 Å². The van der Waals surface area contributed by atoms with Crippen LogP contribution in [0, 0.1) is 5.41 Å². The molecule has 0 amide bonds. The van der Waals surface area contributed by atoms with Gasteiger partial charge in [-0.3, -0.25) is 11.3 Å². The van der Waals surface area contributed by atoms with Crippen LogP contribution in [0.25, 0.3) is 0 Å². The monoisotopic (exact) mass is 214 g/mol. The zero-order valence-corrected chi connectivity index (χ0v) is 10.4. The van der Waals surface area contributed by atoms with Crippen LogP contribution in [0.1, 0.15) is 52.9 Å². The maximum atomic E-state index is 5.72. The van der Waals surface area contributed by atoms with E-state index in [9.17, 15) is 0 Å². The summed E-state index contributed by atoms with van der Waals surface area (Å²) in [6.07, 6.45) is 6.48. The molecule has 1 heterocycles. The fraction of sp³-hybridized carbons (Fsp3) is 1.00. The lowest BCUT2D eigenvalue weighted by atomic mass is 9.83. The van der Waals surface area contributed by atoms with Crippen LogP contribution in [0.5, 0.6) is 0 Å². The first kappa shape index (κ1) is 12.9. The van der Waals surface area contributed by atoms with Crippen LogP contribution >= 0.6 is 0 Å². The summed E-state index contributed by atoms with van der Waals surface area (Å²) >= 11 is 0. The molecule has 2 unspecified atom stereocenters. The molecule has 3 N–H and O–H groups in total. The van der Waals surface area contributed by atoms with E-state index in [2.05, 4.69) is 26.2 Å². The van der Waals surface area contributed by atoms with Gasteiger partial charge in [0, 0.05) is 12.6 Å². The van der Waals surface area contributed by atoms with E-state index in [4.69, 9.17) is 10.6 Å². The zero-order chi connectivity index (χ0) is 11.3. The van der Waals surface area contributed by atoms with E-state index in [1.165, 1.54) is 19.3 Å². The maximum Gasteiger partial charge on any atom is 0.0575 e. The Morgan fingerprint density at radius 2 is 2.13 bits per heavy atom. The third-order valence-electron chi connectivity index (χ3n) is 3.30. The second kappa shape index (κ2) is 5.83. The van der Waals surface area contributed by atoms with E-state index in [0.29, 0.717) is 12.1 Å². The lowest BCUT2D eigenvalue weighted by Crippen LogP contribution is -2.44. The van der Waals surface area contributed by atoms with Gasteiger partial charge in [0.15, 0.2) is 0 Å². The van der Waals surface area contributed by atoms with Gasteiger partial charge in [-0.1, -0.05) is 20.8 Å². The Kier molecular flexibility index (Phi) is 5.03. The fourth-order valence-corrected chi connectivity index (χ4v) is 2.15. The Labute approximate surface area is 93.7 Å². The lowest BCUT2D eigenvalue weighted by Gasteiger charge is -2.32. The van der Waals surface area contributed by atoms with Crippen LogP contribution in [-0.4, -0.2) is 18.8 Å². The summed E-state index contributed by atoms with van der Waals surface area (Å²) in [6, 6.07) is 0.378. The van der Waals surface area contributed by atoms with Gasteiger partial charge in [-0.25, -0.2) is 0 Å². The second-order valence-electron chi connectivity index (χ2n) is 5.65. The Morgan fingerprint density at radius 1 is 1.40 bits per heavy atom. The first-order valence-corrected chi connectivity index (χ1v) is 6.12. The second-order valence-corrected chi connectivity index (χ2v) is 5.65. The topological polar surface area (TPSA) is 47.3 Å². The quantitative estimate of drug-likeness (QED) is 0.557. The van der Waals surface area contributed by atoms with Crippen molar-refractivity contribution in [2.45, 2.75) is 65.0 Å². The van der Waals surface area contributed by atoms with Gasteiger partial charge in [0.2, 0.25) is 0 Å². The standard InChI is InChI=1S/C12H26N2O/c1-12(2,3)11(14-13)8-7-10-6-4-5-9-15-10/h10-11,14H,4-9,13H2,1-3H3. The van der Waals surface area contributed by atoms with Crippen molar-refractivity contribution in [1.29, 1.82) is 0 Å². The summed E-state index contributed by atoms with van der Waals surface area (Å²) in [5, 5.41) is 0. The molecular formula is C12H26N2O. The highest BCUT2D eigenvalue weighted by atomic mass is 16.5. The molecule has 1 rings (SSSR count). The molecule has 0 bridgehead atoms. The van der Waals surface area contributed by atoms with Crippen molar-refractivity contribution in [2.75, 3.05) is 6.61 Å². The Morgan fingerprint density at radius 3 is 2.60 bits per heavy atom. The van der Waals surface area contributed by atoms with Crippen molar-refractivity contribution in [3.05, 3.63) is 0 Å². The molecule has 0 aliphatic carbocycles. The van der Waals surface area contributed by atoms with Gasteiger partial charge < -0.3 is 4.74 Å². The van der Waals surface area contributed by atoms with Crippen molar-refractivity contribution in [3.8, 4) is 0 Å². The molecular weight excluding hydrogens is 188 g/mol. The van der Waals surface area contributed by atoms with Gasteiger partial charge in [0.25, 0.3) is 0 Å². The Hall–Kier alpha value is -0.120. The van der Waals surface area contributed by atoms with Gasteiger partial charge in [0.05, 0.1) is 6.10 Å². The smallest absolute Gasteiger partial charge is 0.0575 e. The molecule has 1 fully saturated rings. The van der Waals surface area contributed by atoms with Crippen molar-refractivity contribution in [1.82, 2.24) is 5.43 Å². The SMILES string of the molecule is CC(C)(C)C(CCC1CCCCO1)NN. The number of nitrogens with one attached hydrogen (secondary N) is 1. The molecule has 2 atom stereocenters. The summed E-state index contributed by atoms with van der Waals surface area (Å²) in [4.78, 5) is 0. The normalized spacial score (nSPS) is 25.2. The molecule has 1 aliphatic rings. The van der Waals surface area contributed by atoms with Crippen LogP contribution in [0.15, 0.2) is 0 Å². The number of hydrogen-bond acceptors (Lipinski definition) is 3. The number of ether oxygens (including phenoxy) is 1. The van der Waals surface area contributed by atoms with Crippen LogP contribution in [0.4, 0.5) is 0 Å². The summed E-state index contributed by atoms with van der Waals surface area (Å²) in [5.41, 5.74) is 3.15. The number of hydrazine groups is 1. The van der Waals surface area contributed by atoms with Gasteiger partial charge in [-0.2, -0.15) is 0 Å². The van der Waals surface area contributed by atoms with Crippen LogP contribution in [0.2, 0.25) is 0 Å². The van der Waals surface area contributed by atoms with E-state index in [-0.39, 0.29) is 5.41 Å². The molecule has 1 aliphatic heterocycles. The Bertz CT molecular complexity index is 171. The molecule has 3 nitrogen and oxygen atoms in total. The van der Waals surface area contributed by atoms with Gasteiger partial charge in [-0.15, -0.1) is 0 Å². The predicted octanol–water partition coefficient (Wildman–Crippen LogP) is 2.21. The van der Waals surface area contributed by atoms with Crippen molar-refractivity contribution < 1.29 is 4.74 Å². The minimum Gasteiger partial charge on any atom is -0.378 e. The molecule has 0 aromatic carbocycles.